The summed E-state index contributed by atoms with van der Waals surface area (Å²) in [5.74, 6) is 1.19. The molecule has 6 rings (SSSR count). The summed E-state index contributed by atoms with van der Waals surface area (Å²) < 4.78 is 49.2. The molecular formula is C33H44FN2O6P. The highest BCUT2D eigenvalue weighted by Crippen LogP contribution is 2.56. The molecule has 0 atom stereocenters. The van der Waals surface area contributed by atoms with Crippen LogP contribution < -0.4 is 4.74 Å². The fourth-order valence-corrected chi connectivity index (χ4v) is 8.95. The summed E-state index contributed by atoms with van der Waals surface area (Å²) in [6, 6.07) is 11.3. The number of hydrogen-bond donors (Lipinski definition) is 0. The van der Waals surface area contributed by atoms with Gasteiger partial charge in [0.25, 0.3) is 0 Å². The largest absolute Gasteiger partial charge is 0.494 e. The number of carbonyl (C=O) groups excluding carboxylic acids is 1. The molecule has 1 spiro atoms. The van der Waals surface area contributed by atoms with Crippen LogP contribution in [0.2, 0.25) is 0 Å². The number of halogens is 1. The lowest BCUT2D eigenvalue weighted by Crippen LogP contribution is -2.48. The van der Waals surface area contributed by atoms with Gasteiger partial charge < -0.3 is 23.4 Å². The summed E-state index contributed by atoms with van der Waals surface area (Å²) >= 11 is 0. The van der Waals surface area contributed by atoms with Crippen LogP contribution in [0.3, 0.4) is 0 Å². The van der Waals surface area contributed by atoms with Crippen molar-refractivity contribution in [3.05, 3.63) is 53.3 Å². The normalized spacial score (nSPS) is 24.4. The highest BCUT2D eigenvalue weighted by Gasteiger charge is 2.50. The van der Waals surface area contributed by atoms with Crippen molar-refractivity contribution >= 4 is 13.7 Å². The first-order valence-electron chi connectivity index (χ1n) is 15.7. The molecule has 43 heavy (non-hydrogen) atoms. The second-order valence-electron chi connectivity index (χ2n) is 12.6. The number of ether oxygens (including phenoxy) is 2. The van der Waals surface area contributed by atoms with E-state index in [9.17, 15) is 13.8 Å². The Balaban J connectivity index is 1.10. The average molecular weight is 615 g/mol. The molecule has 2 heterocycles. The molecule has 2 aliphatic carbocycles. The van der Waals surface area contributed by atoms with Crippen LogP contribution in [0.5, 0.6) is 5.75 Å². The highest BCUT2D eigenvalue weighted by atomic mass is 31.2. The highest BCUT2D eigenvalue weighted by molar-refractivity contribution is 7.54. The Hall–Kier alpha value is -2.45. The Bertz CT molecular complexity index is 1340. The molecule has 4 aliphatic rings. The number of nitrogens with zero attached hydrogens (tertiary/aromatic N) is 2. The van der Waals surface area contributed by atoms with Crippen molar-refractivity contribution in [2.24, 2.45) is 0 Å². The van der Waals surface area contributed by atoms with Crippen molar-refractivity contribution in [1.82, 2.24) is 9.80 Å². The lowest BCUT2D eigenvalue weighted by Gasteiger charge is -2.39. The molecule has 0 radical (unpaired) electrons. The molecular weight excluding hydrogens is 570 g/mol. The zero-order valence-electron chi connectivity index (χ0n) is 25.6. The molecule has 10 heteroatoms. The minimum Gasteiger partial charge on any atom is -0.494 e. The van der Waals surface area contributed by atoms with Crippen molar-refractivity contribution in [3.8, 4) is 16.9 Å². The van der Waals surface area contributed by atoms with Gasteiger partial charge in [-0.05, 0) is 92.3 Å². The van der Waals surface area contributed by atoms with Gasteiger partial charge in [0.1, 0.15) is 17.2 Å². The van der Waals surface area contributed by atoms with Gasteiger partial charge >= 0.3 is 13.7 Å². The van der Waals surface area contributed by atoms with E-state index in [0.717, 1.165) is 62.2 Å². The number of rotatable bonds is 10. The summed E-state index contributed by atoms with van der Waals surface area (Å²) in [7, 11) is -0.213. The smallest absolute Gasteiger partial charge is 0.410 e. The molecule has 2 saturated carbocycles. The molecule has 4 fully saturated rings. The zero-order chi connectivity index (χ0) is 30.2. The monoisotopic (exact) mass is 614 g/mol. The topological polar surface area (TPSA) is 77.5 Å². The summed E-state index contributed by atoms with van der Waals surface area (Å²) in [5.41, 5.74) is 4.07. The van der Waals surface area contributed by atoms with E-state index in [1.54, 1.807) is 0 Å². The molecule has 2 saturated heterocycles. The number of likely N-dealkylation sites (tertiary alicyclic amines) is 1. The predicted molar refractivity (Wildman–Crippen MR) is 163 cm³/mol. The number of benzene rings is 2. The van der Waals surface area contributed by atoms with Crippen LogP contribution >= 0.6 is 7.60 Å². The fraction of sp³-hybridized carbons (Fsp3) is 0.606. The van der Waals surface area contributed by atoms with Gasteiger partial charge in [0, 0.05) is 58.3 Å². The zero-order valence-corrected chi connectivity index (χ0v) is 26.5. The number of piperidine rings is 1. The standard InChI is InChI=1S/C33H44FN2O6P/c1-4-41-31-20-30(24-7-9-26(34)10-8-24)29(23-5-6-23)19-25(31)21-35-17-15-33(16-18-35)22-36(32(37)42-33)27-11-13-28(14-12-27)43(38,39-2)40-3/h7-10,19-20,23,27-28H,4-6,11-18,21-22H2,1-3H3/t27-,28+. The van der Waals surface area contributed by atoms with Crippen LogP contribution in [0.25, 0.3) is 11.1 Å². The van der Waals surface area contributed by atoms with Crippen molar-refractivity contribution < 1.29 is 32.3 Å². The van der Waals surface area contributed by atoms with Crippen LogP contribution in [-0.4, -0.2) is 73.7 Å². The lowest BCUT2D eigenvalue weighted by molar-refractivity contribution is -0.00151. The molecule has 234 valence electrons. The summed E-state index contributed by atoms with van der Waals surface area (Å²) in [4.78, 5) is 17.4. The van der Waals surface area contributed by atoms with E-state index in [2.05, 4.69) is 17.0 Å². The maximum Gasteiger partial charge on any atom is 0.410 e. The van der Waals surface area contributed by atoms with Crippen molar-refractivity contribution in [2.75, 3.05) is 40.5 Å². The van der Waals surface area contributed by atoms with Crippen molar-refractivity contribution in [3.63, 3.8) is 0 Å². The molecule has 2 aromatic carbocycles. The molecule has 0 N–H and O–H groups in total. The quantitative estimate of drug-likeness (QED) is 0.259. The third-order valence-corrected chi connectivity index (χ3v) is 12.4. The van der Waals surface area contributed by atoms with E-state index < -0.39 is 13.2 Å². The van der Waals surface area contributed by atoms with Crippen LogP contribution in [-0.2, 0) is 24.9 Å². The van der Waals surface area contributed by atoms with Crippen molar-refractivity contribution in [1.29, 1.82) is 0 Å². The van der Waals surface area contributed by atoms with Gasteiger partial charge in [0.2, 0.25) is 0 Å². The van der Waals surface area contributed by atoms with Gasteiger partial charge in [-0.3, -0.25) is 9.46 Å². The van der Waals surface area contributed by atoms with E-state index in [1.165, 1.54) is 50.3 Å². The van der Waals surface area contributed by atoms with Crippen LogP contribution in [0.4, 0.5) is 9.18 Å². The lowest BCUT2D eigenvalue weighted by atomic mass is 9.88. The van der Waals surface area contributed by atoms with E-state index in [1.807, 2.05) is 24.0 Å². The molecule has 0 unspecified atom stereocenters. The number of amides is 1. The molecule has 0 bridgehead atoms. The summed E-state index contributed by atoms with van der Waals surface area (Å²) in [6.45, 7) is 5.63. The minimum atomic E-state index is -3.10. The molecule has 2 aromatic rings. The molecule has 8 nitrogen and oxygen atoms in total. The van der Waals surface area contributed by atoms with E-state index in [4.69, 9.17) is 18.5 Å². The Kier molecular flexibility index (Phi) is 8.89. The second-order valence-corrected chi connectivity index (χ2v) is 15.1. The van der Waals surface area contributed by atoms with E-state index in [-0.39, 0.29) is 23.6 Å². The SMILES string of the molecule is CCOc1cc(-c2ccc(F)cc2)c(C2CC2)cc1CN1CCC2(CC1)CN([C@H]1CC[C@@H](P(=O)(OC)OC)CC1)C(=O)O2. The number of carbonyl (C=O) groups is 1. The predicted octanol–water partition coefficient (Wildman–Crippen LogP) is 7.35. The van der Waals surface area contributed by atoms with Crippen LogP contribution in [0, 0.1) is 5.82 Å². The van der Waals surface area contributed by atoms with Gasteiger partial charge in [-0.15, -0.1) is 0 Å². The summed E-state index contributed by atoms with van der Waals surface area (Å²) in [6.07, 6.45) is 6.68. The maximum absolute atomic E-state index is 13.6. The first-order chi connectivity index (χ1) is 20.8. The van der Waals surface area contributed by atoms with Gasteiger partial charge in [-0.1, -0.05) is 12.1 Å². The minimum absolute atomic E-state index is 0.0949. The second kappa shape index (κ2) is 12.5. The summed E-state index contributed by atoms with van der Waals surface area (Å²) in [5, 5.41) is 0. The maximum atomic E-state index is 13.6. The first kappa shape index (κ1) is 30.6. The average Bonchev–Trinajstić information content (AvgIpc) is 3.82. The Morgan fingerprint density at radius 2 is 1.67 bits per heavy atom. The Morgan fingerprint density at radius 1 is 1.00 bits per heavy atom. The first-order valence-corrected chi connectivity index (χ1v) is 17.4. The van der Waals surface area contributed by atoms with Crippen molar-refractivity contribution in [2.45, 2.75) is 88.1 Å². The molecule has 1 amide bonds. The third-order valence-electron chi connectivity index (χ3n) is 9.93. The number of hydrogen-bond acceptors (Lipinski definition) is 7. The molecule has 2 aliphatic heterocycles. The Morgan fingerprint density at radius 3 is 2.28 bits per heavy atom. The third kappa shape index (κ3) is 6.37. The van der Waals surface area contributed by atoms with Gasteiger partial charge in [0.05, 0.1) is 18.8 Å². The molecule has 0 aromatic heterocycles. The van der Waals surface area contributed by atoms with Crippen LogP contribution in [0.15, 0.2) is 36.4 Å². The van der Waals surface area contributed by atoms with Gasteiger partial charge in [0.15, 0.2) is 0 Å². The van der Waals surface area contributed by atoms with Gasteiger partial charge in [-0.2, -0.15) is 0 Å². The Labute approximate surface area is 254 Å². The van der Waals surface area contributed by atoms with E-state index >= 15 is 0 Å². The van der Waals surface area contributed by atoms with Gasteiger partial charge in [-0.25, -0.2) is 9.18 Å². The fourth-order valence-electron chi connectivity index (χ4n) is 7.28. The van der Waals surface area contributed by atoms with E-state index in [0.29, 0.717) is 31.9 Å². The van der Waals surface area contributed by atoms with Crippen LogP contribution in [0.1, 0.15) is 75.3 Å².